The number of nitrogens with one attached hydrogen (secondary N) is 2. The van der Waals surface area contributed by atoms with Gasteiger partial charge in [0.25, 0.3) is 11.8 Å². The first-order valence-electron chi connectivity index (χ1n) is 17.2. The molecule has 0 spiro atoms. The number of methoxy groups -OCH3 is 1. The number of hydrogen-bond acceptors (Lipinski definition) is 9. The summed E-state index contributed by atoms with van der Waals surface area (Å²) in [6, 6.07) is 26.6. The standard InChI is InChI=1S/C41H45N5O6S/c1-26-21-33(24-34-36(26)44-25-35(38(42)47)37(34)45-29-10-8-11-31(23-29)50-6)53-32-12-7-9-28(22-32)39(48)46(5)19-20-51-30-15-13-27(14-16-30)17-18-43-40(49)52-41(2,3)4/h7-16,21-25H,17-20H2,1-6H3,(H2,42,47)(H,43,49)(H,44,45). The lowest BCUT2D eigenvalue weighted by atomic mass is 10.1. The molecule has 0 bridgehead atoms. The van der Waals surface area contributed by atoms with Crippen LogP contribution in [0, 0.1) is 6.92 Å². The number of ether oxygens (including phenoxy) is 3. The number of amides is 3. The summed E-state index contributed by atoms with van der Waals surface area (Å²) in [6.45, 7) is 8.62. The number of aryl methyl sites for hydroxylation is 1. The van der Waals surface area contributed by atoms with E-state index in [1.54, 1.807) is 25.1 Å². The summed E-state index contributed by atoms with van der Waals surface area (Å²) in [5, 5.41) is 6.87. The van der Waals surface area contributed by atoms with Crippen LogP contribution in [0.2, 0.25) is 0 Å². The minimum atomic E-state index is -0.597. The van der Waals surface area contributed by atoms with Gasteiger partial charge in [0.15, 0.2) is 0 Å². The number of nitrogens with zero attached hydrogens (tertiary/aromatic N) is 2. The molecule has 0 aliphatic rings. The van der Waals surface area contributed by atoms with Gasteiger partial charge < -0.3 is 35.5 Å². The maximum absolute atomic E-state index is 13.4. The van der Waals surface area contributed by atoms with Crippen LogP contribution in [0.1, 0.15) is 52.6 Å². The van der Waals surface area contributed by atoms with Gasteiger partial charge in [0.05, 0.1) is 30.4 Å². The quantitative estimate of drug-likeness (QED) is 0.104. The number of likely N-dealkylation sites (N-methyl/N-ethyl adjacent to an activating group) is 1. The minimum absolute atomic E-state index is 0.126. The maximum atomic E-state index is 13.4. The van der Waals surface area contributed by atoms with Gasteiger partial charge in [-0.1, -0.05) is 36.0 Å². The number of anilines is 2. The molecule has 5 aromatic rings. The van der Waals surface area contributed by atoms with E-state index in [1.165, 1.54) is 18.0 Å². The highest BCUT2D eigenvalue weighted by Gasteiger charge is 2.18. The van der Waals surface area contributed by atoms with Crippen LogP contribution in [0.15, 0.2) is 101 Å². The molecule has 0 aliphatic carbocycles. The van der Waals surface area contributed by atoms with E-state index in [9.17, 15) is 14.4 Å². The summed E-state index contributed by atoms with van der Waals surface area (Å²) >= 11 is 1.51. The zero-order valence-electron chi connectivity index (χ0n) is 30.8. The lowest BCUT2D eigenvalue weighted by molar-refractivity contribution is 0.0528. The molecule has 1 aromatic heterocycles. The van der Waals surface area contributed by atoms with Crippen molar-refractivity contribution in [1.29, 1.82) is 0 Å². The molecule has 53 heavy (non-hydrogen) atoms. The van der Waals surface area contributed by atoms with Crippen LogP contribution in [0.3, 0.4) is 0 Å². The molecule has 0 saturated heterocycles. The molecule has 4 N–H and O–H groups in total. The second kappa shape index (κ2) is 17.2. The Morgan fingerprint density at radius 2 is 1.68 bits per heavy atom. The summed E-state index contributed by atoms with van der Waals surface area (Å²) in [5.41, 5.74) is 10.1. The van der Waals surface area contributed by atoms with E-state index in [0.29, 0.717) is 48.9 Å². The van der Waals surface area contributed by atoms with Crippen molar-refractivity contribution in [3.05, 3.63) is 113 Å². The number of carbonyl (C=O) groups excluding carboxylic acids is 3. The summed E-state index contributed by atoms with van der Waals surface area (Å²) in [5.74, 6) is 0.640. The number of primary amides is 1. The van der Waals surface area contributed by atoms with E-state index in [1.807, 2.05) is 107 Å². The number of nitrogens with two attached hydrogens (primary N) is 1. The highest BCUT2D eigenvalue weighted by Crippen LogP contribution is 2.37. The van der Waals surface area contributed by atoms with Gasteiger partial charge in [-0.3, -0.25) is 14.6 Å². The normalized spacial score (nSPS) is 11.1. The monoisotopic (exact) mass is 735 g/mol. The molecule has 1 heterocycles. The predicted molar refractivity (Wildman–Crippen MR) is 209 cm³/mol. The smallest absolute Gasteiger partial charge is 0.407 e. The van der Waals surface area contributed by atoms with E-state index < -0.39 is 17.6 Å². The number of rotatable bonds is 14. The maximum Gasteiger partial charge on any atom is 0.407 e. The summed E-state index contributed by atoms with van der Waals surface area (Å²) < 4.78 is 16.6. The first kappa shape index (κ1) is 38.5. The van der Waals surface area contributed by atoms with E-state index in [0.717, 1.165) is 37.5 Å². The zero-order valence-corrected chi connectivity index (χ0v) is 31.6. The van der Waals surface area contributed by atoms with Crippen LogP contribution in [-0.2, 0) is 11.2 Å². The molecule has 4 aromatic carbocycles. The Balaban J connectivity index is 1.21. The fourth-order valence-electron chi connectivity index (χ4n) is 5.50. The molecule has 0 aliphatic heterocycles. The number of alkyl carbamates (subject to hydrolysis) is 1. The van der Waals surface area contributed by atoms with Gasteiger partial charge in [-0.15, -0.1) is 0 Å². The largest absolute Gasteiger partial charge is 0.497 e. The van der Waals surface area contributed by atoms with Crippen LogP contribution < -0.4 is 25.8 Å². The highest BCUT2D eigenvalue weighted by molar-refractivity contribution is 7.99. The Labute approximate surface area is 314 Å². The Bertz CT molecular complexity index is 2100. The van der Waals surface area contributed by atoms with Crippen molar-refractivity contribution in [2.75, 3.05) is 39.2 Å². The van der Waals surface area contributed by atoms with Crippen molar-refractivity contribution in [2.24, 2.45) is 5.73 Å². The Morgan fingerprint density at radius 1 is 0.925 bits per heavy atom. The van der Waals surface area contributed by atoms with Gasteiger partial charge in [0.1, 0.15) is 23.7 Å². The third-order valence-corrected chi connectivity index (χ3v) is 9.07. The van der Waals surface area contributed by atoms with E-state index in [-0.39, 0.29) is 11.5 Å². The van der Waals surface area contributed by atoms with E-state index >= 15 is 0 Å². The average Bonchev–Trinajstić information content (AvgIpc) is 3.11. The summed E-state index contributed by atoms with van der Waals surface area (Å²) in [7, 11) is 3.34. The topological polar surface area (TPSA) is 145 Å². The van der Waals surface area contributed by atoms with Gasteiger partial charge in [-0.2, -0.15) is 0 Å². The lowest BCUT2D eigenvalue weighted by Gasteiger charge is -2.19. The molecule has 0 radical (unpaired) electrons. The minimum Gasteiger partial charge on any atom is -0.497 e. The molecular weight excluding hydrogens is 691 g/mol. The number of fused-ring (bicyclic) bond motifs is 1. The summed E-state index contributed by atoms with van der Waals surface area (Å²) in [4.78, 5) is 45.7. The van der Waals surface area contributed by atoms with Gasteiger partial charge in [0, 0.05) is 52.3 Å². The highest BCUT2D eigenvalue weighted by atomic mass is 32.2. The van der Waals surface area contributed by atoms with Crippen LogP contribution in [-0.4, -0.2) is 67.2 Å². The Hall–Kier alpha value is -5.75. The molecule has 0 unspecified atom stereocenters. The second-order valence-electron chi connectivity index (χ2n) is 13.4. The van der Waals surface area contributed by atoms with Crippen molar-refractivity contribution in [2.45, 2.75) is 49.5 Å². The number of carbonyl (C=O) groups is 3. The van der Waals surface area contributed by atoms with Crippen LogP contribution in [0.5, 0.6) is 11.5 Å². The molecule has 0 fully saturated rings. The van der Waals surface area contributed by atoms with E-state index in [2.05, 4.69) is 15.6 Å². The first-order chi connectivity index (χ1) is 25.3. The number of hydrogen-bond donors (Lipinski definition) is 3. The second-order valence-corrected chi connectivity index (χ2v) is 14.6. The fraction of sp³-hybridized carbons (Fsp3) is 0.268. The average molecular weight is 736 g/mol. The molecule has 276 valence electrons. The van der Waals surface area contributed by atoms with Crippen LogP contribution in [0.25, 0.3) is 10.9 Å². The molecule has 5 rings (SSSR count). The third kappa shape index (κ3) is 10.6. The van der Waals surface area contributed by atoms with Crippen LogP contribution in [0.4, 0.5) is 16.2 Å². The molecule has 12 heteroatoms. The molecule has 0 atom stereocenters. The predicted octanol–water partition coefficient (Wildman–Crippen LogP) is 7.76. The summed E-state index contributed by atoms with van der Waals surface area (Å²) in [6.07, 6.45) is 1.72. The number of aromatic nitrogens is 1. The molecule has 11 nitrogen and oxygen atoms in total. The molecule has 3 amide bonds. The van der Waals surface area contributed by atoms with Crippen molar-refractivity contribution >= 4 is 51.9 Å². The third-order valence-electron chi connectivity index (χ3n) is 8.10. The van der Waals surface area contributed by atoms with Gasteiger partial charge in [-0.25, -0.2) is 4.79 Å². The van der Waals surface area contributed by atoms with Gasteiger partial charge >= 0.3 is 6.09 Å². The Kier molecular flexibility index (Phi) is 12.5. The fourth-order valence-corrected chi connectivity index (χ4v) is 6.52. The number of pyridine rings is 1. The SMILES string of the molecule is COc1cccc(Nc2c(C(N)=O)cnc3c(C)cc(Sc4cccc(C(=O)N(C)CCOc5ccc(CCNC(=O)OC(C)(C)C)cc5)c4)cc23)c1. The van der Waals surface area contributed by atoms with Gasteiger partial charge in [-0.05, 0) is 99.8 Å². The molecule has 0 saturated carbocycles. The van der Waals surface area contributed by atoms with Crippen molar-refractivity contribution in [3.8, 4) is 11.5 Å². The van der Waals surface area contributed by atoms with Crippen molar-refractivity contribution in [3.63, 3.8) is 0 Å². The zero-order chi connectivity index (χ0) is 38.1. The number of benzene rings is 4. The molecular formula is C41H45N5O6S. The first-order valence-corrected chi connectivity index (χ1v) is 18.0. The van der Waals surface area contributed by atoms with Gasteiger partial charge in [0.2, 0.25) is 0 Å². The van der Waals surface area contributed by atoms with Crippen LogP contribution >= 0.6 is 11.8 Å². The lowest BCUT2D eigenvalue weighted by Crippen LogP contribution is -2.33. The van der Waals surface area contributed by atoms with Crippen molar-refractivity contribution in [1.82, 2.24) is 15.2 Å². The van der Waals surface area contributed by atoms with Crippen molar-refractivity contribution < 1.29 is 28.6 Å². The van der Waals surface area contributed by atoms with E-state index in [4.69, 9.17) is 19.9 Å². The Morgan fingerprint density at radius 3 is 2.40 bits per heavy atom.